The van der Waals surface area contributed by atoms with Gasteiger partial charge in [-0.15, -0.1) is 0 Å². The Kier molecular flexibility index (Phi) is 5.16. The molecular weight excluding hydrogens is 411 g/mol. The summed E-state index contributed by atoms with van der Waals surface area (Å²) in [5, 5.41) is 12.9. The standard InChI is InChI=1S/C22H14F3N3O3/c23-22(24,25)14-5-7-15(8-6-14)27-21-17(20(30)28-19-3-1-2-10-26-19)11-13-4-9-16(29)12-18(13)31-21/h1-12,29H,(H,26,28,30). The summed E-state index contributed by atoms with van der Waals surface area (Å²) in [5.41, 5.74) is -0.502. The molecule has 0 aliphatic rings. The molecule has 0 bridgehead atoms. The van der Waals surface area contributed by atoms with Gasteiger partial charge in [0.2, 0.25) is 5.55 Å². The molecule has 0 spiro atoms. The van der Waals surface area contributed by atoms with Crippen molar-refractivity contribution in [2.75, 3.05) is 5.32 Å². The molecule has 2 aromatic heterocycles. The van der Waals surface area contributed by atoms with Crippen LogP contribution in [0.3, 0.4) is 0 Å². The first-order valence-corrected chi connectivity index (χ1v) is 9.01. The summed E-state index contributed by atoms with van der Waals surface area (Å²) in [6, 6.07) is 15.0. The van der Waals surface area contributed by atoms with Crippen LogP contribution in [0.4, 0.5) is 24.7 Å². The van der Waals surface area contributed by atoms with E-state index in [0.29, 0.717) is 11.2 Å². The zero-order chi connectivity index (χ0) is 22.0. The highest BCUT2D eigenvalue weighted by molar-refractivity contribution is 6.05. The summed E-state index contributed by atoms with van der Waals surface area (Å²) in [7, 11) is 0. The number of nitrogens with one attached hydrogen (secondary N) is 1. The fraction of sp³-hybridized carbons (Fsp3) is 0.0455. The van der Waals surface area contributed by atoms with E-state index in [1.165, 1.54) is 36.5 Å². The number of rotatable bonds is 3. The number of phenolic OH excluding ortho intramolecular Hbond substituents is 1. The van der Waals surface area contributed by atoms with Gasteiger partial charge in [0, 0.05) is 17.6 Å². The monoisotopic (exact) mass is 425 g/mol. The number of fused-ring (bicyclic) bond motifs is 1. The molecule has 0 unspecified atom stereocenters. The molecule has 0 radical (unpaired) electrons. The molecule has 4 aromatic rings. The molecule has 2 N–H and O–H groups in total. The van der Waals surface area contributed by atoms with Crippen molar-refractivity contribution in [2.45, 2.75) is 6.18 Å². The fourth-order valence-corrected chi connectivity index (χ4v) is 2.82. The third-order valence-electron chi connectivity index (χ3n) is 4.31. The Bertz CT molecular complexity index is 1320. The lowest BCUT2D eigenvalue weighted by Crippen LogP contribution is -2.22. The average Bonchev–Trinajstić information content (AvgIpc) is 2.73. The minimum absolute atomic E-state index is 0.0451. The van der Waals surface area contributed by atoms with Crippen molar-refractivity contribution in [2.24, 2.45) is 4.99 Å². The first-order chi connectivity index (χ1) is 14.8. The lowest BCUT2D eigenvalue weighted by molar-refractivity contribution is -0.137. The minimum atomic E-state index is -4.48. The largest absolute Gasteiger partial charge is 0.508 e. The zero-order valence-corrected chi connectivity index (χ0v) is 15.7. The number of aromatic nitrogens is 1. The van der Waals surface area contributed by atoms with E-state index in [1.807, 2.05) is 0 Å². The number of alkyl halides is 3. The second kappa shape index (κ2) is 7.94. The molecule has 0 aliphatic heterocycles. The van der Waals surface area contributed by atoms with E-state index in [1.54, 1.807) is 24.3 Å². The Hall–Kier alpha value is -4.14. The first-order valence-electron chi connectivity index (χ1n) is 9.01. The summed E-state index contributed by atoms with van der Waals surface area (Å²) >= 11 is 0. The molecule has 0 saturated carbocycles. The van der Waals surface area contributed by atoms with Crippen LogP contribution in [0.25, 0.3) is 11.0 Å². The van der Waals surface area contributed by atoms with Crippen LogP contribution in [-0.2, 0) is 6.18 Å². The van der Waals surface area contributed by atoms with Gasteiger partial charge in [0.25, 0.3) is 5.91 Å². The quantitative estimate of drug-likeness (QED) is 0.482. The second-order valence-corrected chi connectivity index (χ2v) is 6.51. The molecule has 156 valence electrons. The molecular formula is C22H14F3N3O3. The number of phenols is 1. The van der Waals surface area contributed by atoms with Crippen molar-refractivity contribution in [3.63, 3.8) is 0 Å². The van der Waals surface area contributed by atoms with E-state index in [0.717, 1.165) is 12.1 Å². The lowest BCUT2D eigenvalue weighted by Gasteiger charge is -2.07. The minimum Gasteiger partial charge on any atom is -0.508 e. The van der Waals surface area contributed by atoms with Gasteiger partial charge in [-0.3, -0.25) is 4.79 Å². The lowest BCUT2D eigenvalue weighted by atomic mass is 10.1. The Morgan fingerprint density at radius 3 is 2.48 bits per heavy atom. The van der Waals surface area contributed by atoms with Gasteiger partial charge in [-0.25, -0.2) is 9.98 Å². The van der Waals surface area contributed by atoms with Crippen LogP contribution < -0.4 is 10.9 Å². The molecule has 6 nitrogen and oxygen atoms in total. The highest BCUT2D eigenvalue weighted by atomic mass is 19.4. The molecule has 0 saturated heterocycles. The Morgan fingerprint density at radius 1 is 1.03 bits per heavy atom. The smallest absolute Gasteiger partial charge is 0.416 e. The molecule has 0 atom stereocenters. The van der Waals surface area contributed by atoms with E-state index in [2.05, 4.69) is 15.3 Å². The zero-order valence-electron chi connectivity index (χ0n) is 15.7. The Morgan fingerprint density at radius 2 is 1.81 bits per heavy atom. The van der Waals surface area contributed by atoms with E-state index in [4.69, 9.17) is 4.42 Å². The SMILES string of the molecule is O=C(Nc1ccccn1)c1cc2ccc(O)cc2oc1=Nc1ccc(C(F)(F)F)cc1. The van der Waals surface area contributed by atoms with E-state index < -0.39 is 17.6 Å². The van der Waals surface area contributed by atoms with Crippen LogP contribution in [0, 0.1) is 0 Å². The van der Waals surface area contributed by atoms with Gasteiger partial charge in [0.05, 0.1) is 11.3 Å². The number of hydrogen-bond acceptors (Lipinski definition) is 5. The molecule has 0 aliphatic carbocycles. The van der Waals surface area contributed by atoms with Crippen molar-refractivity contribution in [3.05, 3.63) is 89.6 Å². The second-order valence-electron chi connectivity index (χ2n) is 6.51. The predicted molar refractivity (Wildman–Crippen MR) is 107 cm³/mol. The predicted octanol–water partition coefficient (Wildman–Crippen LogP) is 5.04. The molecule has 4 rings (SSSR count). The normalized spacial score (nSPS) is 12.2. The van der Waals surface area contributed by atoms with Crippen molar-refractivity contribution in [3.8, 4) is 5.75 Å². The highest BCUT2D eigenvalue weighted by Crippen LogP contribution is 2.30. The summed E-state index contributed by atoms with van der Waals surface area (Å²) < 4.78 is 44.1. The number of amides is 1. The Labute approximate surface area is 173 Å². The number of nitrogens with zero attached hydrogens (tertiary/aromatic N) is 2. The van der Waals surface area contributed by atoms with Gasteiger partial charge >= 0.3 is 6.18 Å². The molecule has 2 heterocycles. The number of anilines is 1. The fourth-order valence-electron chi connectivity index (χ4n) is 2.82. The Balaban J connectivity index is 1.82. The number of pyridine rings is 1. The maximum atomic E-state index is 12.9. The number of hydrogen-bond donors (Lipinski definition) is 2. The van der Waals surface area contributed by atoms with Gasteiger partial charge in [-0.2, -0.15) is 13.2 Å². The third kappa shape index (κ3) is 4.55. The maximum Gasteiger partial charge on any atom is 0.416 e. The summed E-state index contributed by atoms with van der Waals surface area (Å²) in [6.07, 6.45) is -2.96. The van der Waals surface area contributed by atoms with E-state index in [9.17, 15) is 23.1 Å². The van der Waals surface area contributed by atoms with Crippen LogP contribution in [0.15, 0.2) is 82.3 Å². The summed E-state index contributed by atoms with van der Waals surface area (Å²) in [4.78, 5) is 21.1. The van der Waals surface area contributed by atoms with Gasteiger partial charge < -0.3 is 14.8 Å². The summed E-state index contributed by atoms with van der Waals surface area (Å²) in [5.74, 6) is -0.315. The first kappa shape index (κ1) is 20.1. The van der Waals surface area contributed by atoms with Crippen molar-refractivity contribution in [1.82, 2.24) is 4.98 Å². The molecule has 0 fully saturated rings. The number of aromatic hydroxyl groups is 1. The van der Waals surface area contributed by atoms with Gasteiger partial charge in [-0.05, 0) is 54.6 Å². The van der Waals surface area contributed by atoms with Crippen LogP contribution in [-0.4, -0.2) is 16.0 Å². The molecule has 1 amide bonds. The number of carbonyl (C=O) groups is 1. The highest BCUT2D eigenvalue weighted by Gasteiger charge is 2.29. The van der Waals surface area contributed by atoms with Crippen molar-refractivity contribution < 1.29 is 27.5 Å². The van der Waals surface area contributed by atoms with Gasteiger partial charge in [0.15, 0.2) is 0 Å². The van der Waals surface area contributed by atoms with Crippen LogP contribution >= 0.6 is 0 Å². The van der Waals surface area contributed by atoms with E-state index >= 15 is 0 Å². The maximum absolute atomic E-state index is 12.9. The molecule has 9 heteroatoms. The van der Waals surface area contributed by atoms with Crippen LogP contribution in [0.1, 0.15) is 15.9 Å². The van der Waals surface area contributed by atoms with Crippen LogP contribution in [0.2, 0.25) is 0 Å². The van der Waals surface area contributed by atoms with E-state index in [-0.39, 0.29) is 28.1 Å². The summed E-state index contributed by atoms with van der Waals surface area (Å²) in [6.45, 7) is 0. The number of carbonyl (C=O) groups excluding carboxylic acids is 1. The number of halogens is 3. The van der Waals surface area contributed by atoms with Gasteiger partial charge in [0.1, 0.15) is 22.7 Å². The molecule has 2 aromatic carbocycles. The average molecular weight is 425 g/mol. The molecule has 31 heavy (non-hydrogen) atoms. The van der Waals surface area contributed by atoms with Crippen molar-refractivity contribution >= 4 is 28.4 Å². The number of benzene rings is 2. The topological polar surface area (TPSA) is 87.7 Å². The van der Waals surface area contributed by atoms with Crippen LogP contribution in [0.5, 0.6) is 5.75 Å². The van der Waals surface area contributed by atoms with Crippen molar-refractivity contribution in [1.29, 1.82) is 0 Å². The van der Waals surface area contributed by atoms with Gasteiger partial charge in [-0.1, -0.05) is 6.07 Å². The third-order valence-corrected chi connectivity index (χ3v) is 4.31.